The predicted molar refractivity (Wildman–Crippen MR) is 214 cm³/mol. The number of nitrogens with zero attached hydrogens (tertiary/aromatic N) is 3. The van der Waals surface area contributed by atoms with Gasteiger partial charge in [0.2, 0.25) is 0 Å². The minimum Gasteiger partial charge on any atom is -0.381 e. The number of likely N-dealkylation sites (tertiary alicyclic amines) is 2. The molecular formula is C43H82N6O3. The van der Waals surface area contributed by atoms with Crippen molar-refractivity contribution >= 4 is 0 Å². The summed E-state index contributed by atoms with van der Waals surface area (Å²) in [5.41, 5.74) is 0.296. The molecule has 4 atom stereocenters. The summed E-state index contributed by atoms with van der Waals surface area (Å²) in [7, 11) is 0. The normalized spacial score (nSPS) is 35.0. The number of ether oxygens (including phenoxy) is 3. The number of piperidine rings is 1. The molecule has 9 heteroatoms. The van der Waals surface area contributed by atoms with Gasteiger partial charge >= 0.3 is 0 Å². The maximum Gasteiger partial charge on any atom is 0.0670 e. The van der Waals surface area contributed by atoms with Gasteiger partial charge in [0.15, 0.2) is 0 Å². The van der Waals surface area contributed by atoms with Crippen LogP contribution >= 0.6 is 0 Å². The van der Waals surface area contributed by atoms with Crippen LogP contribution in [0.15, 0.2) is 0 Å². The van der Waals surface area contributed by atoms with E-state index in [1.54, 1.807) is 0 Å². The molecule has 302 valence electrons. The lowest BCUT2D eigenvalue weighted by Gasteiger charge is -2.44. The molecule has 0 aromatic carbocycles. The Kier molecular flexibility index (Phi) is 14.2. The summed E-state index contributed by atoms with van der Waals surface area (Å²) in [5, 5.41) is 12.4. The molecule has 6 rings (SSSR count). The highest BCUT2D eigenvalue weighted by atomic mass is 16.5. The maximum absolute atomic E-state index is 6.66. The zero-order valence-corrected chi connectivity index (χ0v) is 35.1. The van der Waals surface area contributed by atoms with Gasteiger partial charge in [0.1, 0.15) is 0 Å². The van der Waals surface area contributed by atoms with E-state index >= 15 is 0 Å². The summed E-state index contributed by atoms with van der Waals surface area (Å²) in [5.74, 6) is 0.639. The molecular weight excluding hydrogens is 649 g/mol. The molecule has 0 aromatic heterocycles. The molecule has 3 N–H and O–H groups in total. The fourth-order valence-electron chi connectivity index (χ4n) is 11.2. The molecule has 5 aliphatic heterocycles. The molecule has 5 heterocycles. The highest BCUT2D eigenvalue weighted by Gasteiger charge is 2.44. The smallest absolute Gasteiger partial charge is 0.0670 e. The Bertz CT molecular complexity index is 1070. The van der Waals surface area contributed by atoms with E-state index in [1.165, 1.54) is 77.4 Å². The first-order valence-corrected chi connectivity index (χ1v) is 22.0. The molecule has 0 spiro atoms. The minimum absolute atomic E-state index is 0.0543. The number of hydrogen-bond donors (Lipinski definition) is 3. The first-order chi connectivity index (χ1) is 24.6. The lowest BCUT2D eigenvalue weighted by molar-refractivity contribution is -0.100. The molecule has 6 aliphatic rings. The van der Waals surface area contributed by atoms with Crippen LogP contribution in [0.25, 0.3) is 0 Å². The van der Waals surface area contributed by atoms with Gasteiger partial charge in [0.05, 0.1) is 18.8 Å². The molecule has 0 amide bonds. The topological polar surface area (TPSA) is 73.5 Å². The van der Waals surface area contributed by atoms with Crippen molar-refractivity contribution in [3.8, 4) is 0 Å². The second kappa shape index (κ2) is 17.8. The summed E-state index contributed by atoms with van der Waals surface area (Å²) in [6.45, 7) is 30.9. The Morgan fingerprint density at radius 1 is 0.577 bits per heavy atom. The zero-order chi connectivity index (χ0) is 37.0. The van der Waals surface area contributed by atoms with E-state index in [2.05, 4.69) is 86.0 Å². The molecule has 9 nitrogen and oxygen atoms in total. The van der Waals surface area contributed by atoms with Gasteiger partial charge in [0.25, 0.3) is 0 Å². The average Bonchev–Trinajstić information content (AvgIpc) is 3.48. The van der Waals surface area contributed by atoms with Gasteiger partial charge in [-0.1, -0.05) is 0 Å². The molecule has 5 saturated heterocycles. The van der Waals surface area contributed by atoms with Crippen molar-refractivity contribution in [3.63, 3.8) is 0 Å². The molecule has 0 radical (unpaired) electrons. The summed E-state index contributed by atoms with van der Waals surface area (Å²) >= 11 is 0. The van der Waals surface area contributed by atoms with Gasteiger partial charge in [-0.15, -0.1) is 0 Å². The van der Waals surface area contributed by atoms with Crippen LogP contribution in [0.1, 0.15) is 139 Å². The van der Waals surface area contributed by atoms with Crippen molar-refractivity contribution in [2.45, 2.75) is 197 Å². The highest BCUT2D eigenvalue weighted by molar-refractivity contribution is 5.01. The van der Waals surface area contributed by atoms with E-state index in [0.29, 0.717) is 30.1 Å². The van der Waals surface area contributed by atoms with Crippen molar-refractivity contribution in [2.24, 2.45) is 5.92 Å². The van der Waals surface area contributed by atoms with Crippen molar-refractivity contribution in [1.82, 2.24) is 30.7 Å². The number of rotatable bonds is 13. The van der Waals surface area contributed by atoms with Gasteiger partial charge in [-0.05, 0) is 158 Å². The van der Waals surface area contributed by atoms with E-state index in [9.17, 15) is 0 Å². The molecule has 3 unspecified atom stereocenters. The first kappa shape index (κ1) is 41.3. The summed E-state index contributed by atoms with van der Waals surface area (Å²) < 4.78 is 17.9. The summed E-state index contributed by atoms with van der Waals surface area (Å²) in [4.78, 5) is 8.31. The number of morpholine rings is 1. The van der Waals surface area contributed by atoms with Crippen molar-refractivity contribution in [1.29, 1.82) is 0 Å². The Labute approximate surface area is 319 Å². The molecule has 0 bridgehead atoms. The van der Waals surface area contributed by atoms with Crippen LogP contribution < -0.4 is 16.0 Å². The largest absolute Gasteiger partial charge is 0.381 e. The van der Waals surface area contributed by atoms with E-state index in [1.807, 2.05) is 0 Å². The Morgan fingerprint density at radius 3 is 1.83 bits per heavy atom. The predicted octanol–water partition coefficient (Wildman–Crippen LogP) is 5.81. The molecule has 0 aromatic rings. The summed E-state index contributed by atoms with van der Waals surface area (Å²) in [6.07, 6.45) is 16.0. The van der Waals surface area contributed by atoms with E-state index in [4.69, 9.17) is 14.2 Å². The first-order valence-electron chi connectivity index (χ1n) is 22.0. The van der Waals surface area contributed by atoms with Crippen LogP contribution in [0.3, 0.4) is 0 Å². The average molecular weight is 731 g/mol. The van der Waals surface area contributed by atoms with Crippen molar-refractivity contribution in [3.05, 3.63) is 0 Å². The van der Waals surface area contributed by atoms with E-state index in [-0.39, 0.29) is 22.2 Å². The second-order valence-corrected chi connectivity index (χ2v) is 20.7. The minimum atomic E-state index is -0.0543. The van der Waals surface area contributed by atoms with Crippen LogP contribution in [0.5, 0.6) is 0 Å². The molecule has 6 fully saturated rings. The molecule has 1 saturated carbocycles. The Morgan fingerprint density at radius 2 is 1.15 bits per heavy atom. The fraction of sp³-hybridized carbons (Fsp3) is 1.00. The molecule has 52 heavy (non-hydrogen) atoms. The maximum atomic E-state index is 6.66. The van der Waals surface area contributed by atoms with Crippen molar-refractivity contribution in [2.75, 3.05) is 72.3 Å². The van der Waals surface area contributed by atoms with E-state index in [0.717, 1.165) is 90.4 Å². The van der Waals surface area contributed by atoms with Gasteiger partial charge in [0, 0.05) is 98.9 Å². The van der Waals surface area contributed by atoms with Crippen LogP contribution in [0.4, 0.5) is 0 Å². The third-order valence-electron chi connectivity index (χ3n) is 13.9. The Balaban J connectivity index is 0.977. The SMILES string of the molecule is CC(C)(C)N[C@H]1CN(C2CCOC(C)(CCC(C)(C)N[C@H]3CC[C@H](N4CCOCC4)CC3)C2)CC1CC(C)(C)NC1CCN(C2CCOCC2)CC1. The van der Waals surface area contributed by atoms with Crippen LogP contribution in [0, 0.1) is 5.92 Å². The van der Waals surface area contributed by atoms with Crippen LogP contribution in [-0.4, -0.2) is 145 Å². The highest BCUT2D eigenvalue weighted by Crippen LogP contribution is 2.38. The van der Waals surface area contributed by atoms with Gasteiger partial charge in [-0.2, -0.15) is 0 Å². The van der Waals surface area contributed by atoms with Gasteiger partial charge in [-0.3, -0.25) is 9.80 Å². The second-order valence-electron chi connectivity index (χ2n) is 20.7. The van der Waals surface area contributed by atoms with Crippen LogP contribution in [-0.2, 0) is 14.2 Å². The third-order valence-corrected chi connectivity index (χ3v) is 13.9. The molecule has 1 aliphatic carbocycles. The Hall–Kier alpha value is -0.360. The number of hydrogen-bond acceptors (Lipinski definition) is 9. The lowest BCUT2D eigenvalue weighted by Crippen LogP contribution is -2.55. The quantitative estimate of drug-likeness (QED) is 0.218. The standard InChI is InChI=1S/C43H82N6O3/c1-40(2,3)46-39-32-49(31-33(39)29-42(6,7)45-35-13-20-47(21-14-35)37-15-24-50-25-16-37)38-17-26-52-43(8,30-38)19-18-41(4,5)44-34-9-11-36(12-10-34)48-22-27-51-28-23-48/h33-39,44-46H,9-32H2,1-8H3/t33?,34-,36-,38?,39-,43?/m0/s1. The van der Waals surface area contributed by atoms with Gasteiger partial charge in [-0.25, -0.2) is 0 Å². The fourth-order valence-corrected chi connectivity index (χ4v) is 11.2. The monoisotopic (exact) mass is 731 g/mol. The van der Waals surface area contributed by atoms with Gasteiger partial charge < -0.3 is 35.1 Å². The zero-order valence-electron chi connectivity index (χ0n) is 35.1. The van der Waals surface area contributed by atoms with Crippen molar-refractivity contribution < 1.29 is 14.2 Å². The van der Waals surface area contributed by atoms with E-state index < -0.39 is 0 Å². The number of nitrogens with one attached hydrogen (secondary N) is 3. The third kappa shape index (κ3) is 12.1. The van der Waals surface area contributed by atoms with Crippen LogP contribution in [0.2, 0.25) is 0 Å². The lowest BCUT2D eigenvalue weighted by atomic mass is 9.82. The summed E-state index contributed by atoms with van der Waals surface area (Å²) in [6, 6.07) is 3.88.